The molecule has 21 heavy (non-hydrogen) atoms. The number of hydrogen-bond acceptors (Lipinski definition) is 4. The van der Waals surface area contributed by atoms with Crippen LogP contribution >= 0.6 is 0 Å². The number of anilines is 1. The summed E-state index contributed by atoms with van der Waals surface area (Å²) in [7, 11) is 0. The highest BCUT2D eigenvalue weighted by Gasteiger charge is 2.27. The van der Waals surface area contributed by atoms with E-state index in [1.165, 1.54) is 12.5 Å². The lowest BCUT2D eigenvalue weighted by Gasteiger charge is -2.29. The van der Waals surface area contributed by atoms with Gasteiger partial charge in [0.15, 0.2) is 0 Å². The van der Waals surface area contributed by atoms with E-state index in [0.717, 1.165) is 44.6 Å². The van der Waals surface area contributed by atoms with Gasteiger partial charge in [0.1, 0.15) is 17.7 Å². The number of nitrogens with one attached hydrogen (secondary N) is 2. The Bertz CT molecular complexity index is 573. The molecule has 1 amide bonds. The van der Waals surface area contributed by atoms with Crippen LogP contribution < -0.4 is 10.9 Å². The molecule has 2 aliphatic rings. The lowest BCUT2D eigenvalue weighted by molar-refractivity contribution is -0.132. The molecular formula is C15H22N4O2. The average molecular weight is 290 g/mol. The largest absolute Gasteiger partial charge is 0.358 e. The Morgan fingerprint density at radius 1 is 1.38 bits per heavy atom. The smallest absolute Gasteiger partial charge is 0.252 e. The summed E-state index contributed by atoms with van der Waals surface area (Å²) in [5, 5.41) is 3.08. The molecule has 3 rings (SSSR count). The highest BCUT2D eigenvalue weighted by Crippen LogP contribution is 2.37. The van der Waals surface area contributed by atoms with Crippen molar-refractivity contribution >= 4 is 11.7 Å². The number of hydrogen-bond donors (Lipinski definition) is 2. The Morgan fingerprint density at radius 3 is 2.76 bits per heavy atom. The Morgan fingerprint density at radius 2 is 2.10 bits per heavy atom. The molecule has 1 aromatic rings. The van der Waals surface area contributed by atoms with Gasteiger partial charge in [-0.15, -0.1) is 0 Å². The van der Waals surface area contributed by atoms with Crippen LogP contribution in [0.15, 0.2) is 10.9 Å². The molecule has 0 spiro atoms. The Labute approximate surface area is 124 Å². The molecule has 0 radical (unpaired) electrons. The van der Waals surface area contributed by atoms with Gasteiger partial charge < -0.3 is 15.2 Å². The molecule has 0 bridgehead atoms. The fourth-order valence-electron chi connectivity index (χ4n) is 2.77. The maximum Gasteiger partial charge on any atom is 0.252 e. The van der Waals surface area contributed by atoms with E-state index in [1.807, 2.05) is 11.8 Å². The number of amides is 1. The molecule has 1 aromatic heterocycles. The molecule has 1 aliphatic carbocycles. The SMILES string of the molecule is CC(Nc1cc(=O)[nH]c(C2CC2)n1)C(=O)N1CCCCC1. The second kappa shape index (κ2) is 5.87. The van der Waals surface area contributed by atoms with E-state index in [2.05, 4.69) is 15.3 Å². The number of likely N-dealkylation sites (tertiary alicyclic amines) is 1. The zero-order valence-electron chi connectivity index (χ0n) is 12.4. The minimum absolute atomic E-state index is 0.0877. The molecule has 2 N–H and O–H groups in total. The van der Waals surface area contributed by atoms with Crippen LogP contribution in [-0.2, 0) is 4.79 Å². The monoisotopic (exact) mass is 290 g/mol. The third-order valence-corrected chi connectivity index (χ3v) is 4.13. The van der Waals surface area contributed by atoms with Crippen molar-refractivity contribution in [2.24, 2.45) is 0 Å². The maximum atomic E-state index is 12.4. The van der Waals surface area contributed by atoms with Gasteiger partial charge in [-0.2, -0.15) is 0 Å². The molecule has 1 aliphatic heterocycles. The zero-order valence-corrected chi connectivity index (χ0v) is 12.4. The van der Waals surface area contributed by atoms with Crippen LogP contribution in [0.25, 0.3) is 0 Å². The lowest BCUT2D eigenvalue weighted by atomic mass is 10.1. The van der Waals surface area contributed by atoms with E-state index >= 15 is 0 Å². The van der Waals surface area contributed by atoms with Crippen molar-refractivity contribution in [1.82, 2.24) is 14.9 Å². The topological polar surface area (TPSA) is 78.1 Å². The van der Waals surface area contributed by atoms with E-state index in [1.54, 1.807) is 0 Å². The van der Waals surface area contributed by atoms with E-state index < -0.39 is 0 Å². The number of H-pyrrole nitrogens is 1. The van der Waals surface area contributed by atoms with Crippen molar-refractivity contribution in [3.63, 3.8) is 0 Å². The number of aromatic nitrogens is 2. The summed E-state index contributed by atoms with van der Waals surface area (Å²) in [6, 6.07) is 1.07. The standard InChI is InChI=1S/C15H22N4O2/c1-10(15(21)19-7-3-2-4-8-19)16-12-9-13(20)18-14(17-12)11-5-6-11/h9-11H,2-8H2,1H3,(H2,16,17,18,20). The summed E-state index contributed by atoms with van der Waals surface area (Å²) in [5.74, 6) is 1.71. The second-order valence-electron chi connectivity index (χ2n) is 6.04. The molecule has 6 heteroatoms. The average Bonchev–Trinajstić information content (AvgIpc) is 3.31. The molecule has 1 unspecified atom stereocenters. The van der Waals surface area contributed by atoms with Crippen LogP contribution in [0.4, 0.5) is 5.82 Å². The highest BCUT2D eigenvalue weighted by molar-refractivity contribution is 5.84. The molecule has 1 saturated heterocycles. The minimum atomic E-state index is -0.357. The lowest BCUT2D eigenvalue weighted by Crippen LogP contribution is -2.44. The number of piperidine rings is 1. The van der Waals surface area contributed by atoms with Crippen molar-refractivity contribution in [2.75, 3.05) is 18.4 Å². The summed E-state index contributed by atoms with van der Waals surface area (Å²) in [6.45, 7) is 3.50. The van der Waals surface area contributed by atoms with Gasteiger partial charge in [0, 0.05) is 25.1 Å². The van der Waals surface area contributed by atoms with Gasteiger partial charge in [-0.3, -0.25) is 9.59 Å². The molecule has 1 saturated carbocycles. The Hall–Kier alpha value is -1.85. The first-order valence-electron chi connectivity index (χ1n) is 7.80. The van der Waals surface area contributed by atoms with Crippen molar-refractivity contribution in [1.29, 1.82) is 0 Å². The third-order valence-electron chi connectivity index (χ3n) is 4.13. The molecule has 1 atom stereocenters. The summed E-state index contributed by atoms with van der Waals surface area (Å²) in [5.41, 5.74) is -0.160. The minimum Gasteiger partial charge on any atom is -0.358 e. The normalized spacial score (nSPS) is 20.1. The van der Waals surface area contributed by atoms with Gasteiger partial charge in [0.2, 0.25) is 5.91 Å². The van der Waals surface area contributed by atoms with Crippen LogP contribution in [0, 0.1) is 0 Å². The summed E-state index contributed by atoms with van der Waals surface area (Å²) >= 11 is 0. The van der Waals surface area contributed by atoms with Gasteiger partial charge in [0.25, 0.3) is 5.56 Å². The first-order chi connectivity index (χ1) is 10.1. The highest BCUT2D eigenvalue weighted by atomic mass is 16.2. The van der Waals surface area contributed by atoms with Gasteiger partial charge in [-0.25, -0.2) is 4.98 Å². The number of rotatable bonds is 4. The van der Waals surface area contributed by atoms with Crippen molar-refractivity contribution in [2.45, 2.75) is 51.0 Å². The van der Waals surface area contributed by atoms with Crippen LogP contribution in [0.3, 0.4) is 0 Å². The Kier molecular flexibility index (Phi) is 3.94. The van der Waals surface area contributed by atoms with Gasteiger partial charge in [-0.1, -0.05) is 0 Å². The predicted molar refractivity (Wildman–Crippen MR) is 80.3 cm³/mol. The molecule has 2 heterocycles. The van der Waals surface area contributed by atoms with E-state index in [4.69, 9.17) is 0 Å². The van der Waals surface area contributed by atoms with Gasteiger partial charge >= 0.3 is 0 Å². The predicted octanol–water partition coefficient (Wildman–Crippen LogP) is 1.46. The van der Waals surface area contributed by atoms with Crippen LogP contribution in [0.5, 0.6) is 0 Å². The first kappa shape index (κ1) is 14.1. The number of carbonyl (C=O) groups is 1. The van der Waals surface area contributed by atoms with Crippen LogP contribution in [0.1, 0.15) is 50.8 Å². The third kappa shape index (κ3) is 3.43. The summed E-state index contributed by atoms with van der Waals surface area (Å²) < 4.78 is 0. The molecule has 2 fully saturated rings. The van der Waals surface area contributed by atoms with Crippen LogP contribution in [0.2, 0.25) is 0 Å². The summed E-state index contributed by atoms with van der Waals surface area (Å²) in [6.07, 6.45) is 5.51. The van der Waals surface area contributed by atoms with Gasteiger partial charge in [0.05, 0.1) is 0 Å². The van der Waals surface area contributed by atoms with Crippen molar-refractivity contribution in [3.05, 3.63) is 22.2 Å². The van der Waals surface area contributed by atoms with Gasteiger partial charge in [-0.05, 0) is 39.0 Å². The molecule has 114 valence electrons. The molecular weight excluding hydrogens is 268 g/mol. The van der Waals surface area contributed by atoms with Crippen molar-refractivity contribution < 1.29 is 4.79 Å². The second-order valence-corrected chi connectivity index (χ2v) is 6.04. The summed E-state index contributed by atoms with van der Waals surface area (Å²) in [4.78, 5) is 33.1. The van der Waals surface area contributed by atoms with E-state index in [9.17, 15) is 9.59 Å². The van der Waals surface area contributed by atoms with E-state index in [0.29, 0.717) is 11.7 Å². The first-order valence-corrected chi connectivity index (χ1v) is 7.80. The van der Waals surface area contributed by atoms with Crippen LogP contribution in [-0.4, -0.2) is 39.9 Å². The number of nitrogens with zero attached hydrogens (tertiary/aromatic N) is 2. The zero-order chi connectivity index (χ0) is 14.8. The Balaban J connectivity index is 1.67. The maximum absolute atomic E-state index is 12.4. The van der Waals surface area contributed by atoms with E-state index in [-0.39, 0.29) is 17.5 Å². The number of carbonyl (C=O) groups excluding carboxylic acids is 1. The van der Waals surface area contributed by atoms with Crippen molar-refractivity contribution in [3.8, 4) is 0 Å². The fourth-order valence-corrected chi connectivity index (χ4v) is 2.77. The quantitative estimate of drug-likeness (QED) is 0.880. The number of aromatic amines is 1. The molecule has 6 nitrogen and oxygen atoms in total. The molecule has 0 aromatic carbocycles. The fraction of sp³-hybridized carbons (Fsp3) is 0.667.